The molecule has 52 valence electrons. The molecule has 0 heterocycles. The number of fused-ring (bicyclic) bond motifs is 2. The standard InChI is InChI=1S/C9H16/c1-6-7(2)9-4-3-8(6)5-9/h6-9H,3-5H2,1-2H3/t6-,7-,8-,9+/m1/s1. The third-order valence-electron chi connectivity index (χ3n) is 3.83. The second-order valence-corrected chi connectivity index (χ2v) is 4.05. The summed E-state index contributed by atoms with van der Waals surface area (Å²) in [6.45, 7) is 4.88. The van der Waals surface area contributed by atoms with E-state index in [1.807, 2.05) is 0 Å². The Kier molecular flexibility index (Phi) is 1.12. The molecule has 0 spiro atoms. The fourth-order valence-corrected chi connectivity index (χ4v) is 2.87. The SMILES string of the molecule is C[C@H]1[C@@H]2CC[C@@H](C2)[C@@H]1C. The van der Waals surface area contributed by atoms with E-state index in [4.69, 9.17) is 0 Å². The molecule has 0 unspecified atom stereocenters. The summed E-state index contributed by atoms with van der Waals surface area (Å²) < 4.78 is 0. The molecule has 4 atom stereocenters. The molecule has 0 heteroatoms. The Balaban J connectivity index is 2.15. The normalized spacial score (nSPS) is 56.7. The number of hydrogen-bond donors (Lipinski definition) is 0. The van der Waals surface area contributed by atoms with Crippen LogP contribution < -0.4 is 0 Å². The van der Waals surface area contributed by atoms with Crippen LogP contribution in [-0.4, -0.2) is 0 Å². The van der Waals surface area contributed by atoms with Crippen molar-refractivity contribution in [3.63, 3.8) is 0 Å². The second kappa shape index (κ2) is 1.74. The van der Waals surface area contributed by atoms with Crippen LogP contribution in [0, 0.1) is 23.7 Å². The third kappa shape index (κ3) is 0.653. The van der Waals surface area contributed by atoms with Gasteiger partial charge in [0.15, 0.2) is 0 Å². The lowest BCUT2D eigenvalue weighted by atomic mass is 9.82. The Hall–Kier alpha value is 0. The first-order valence-electron chi connectivity index (χ1n) is 4.29. The quantitative estimate of drug-likeness (QED) is 0.465. The van der Waals surface area contributed by atoms with E-state index in [0.29, 0.717) is 0 Å². The molecular weight excluding hydrogens is 108 g/mol. The van der Waals surface area contributed by atoms with Gasteiger partial charge in [-0.3, -0.25) is 0 Å². The van der Waals surface area contributed by atoms with Crippen LogP contribution in [0.3, 0.4) is 0 Å². The molecule has 0 amide bonds. The molecule has 2 fully saturated rings. The van der Waals surface area contributed by atoms with E-state index in [2.05, 4.69) is 13.8 Å². The first-order valence-corrected chi connectivity index (χ1v) is 4.29. The zero-order valence-corrected chi connectivity index (χ0v) is 6.43. The van der Waals surface area contributed by atoms with Crippen LogP contribution in [-0.2, 0) is 0 Å². The van der Waals surface area contributed by atoms with Crippen LogP contribution in [0.2, 0.25) is 0 Å². The first-order chi connectivity index (χ1) is 4.29. The molecule has 2 saturated carbocycles. The topological polar surface area (TPSA) is 0 Å². The summed E-state index contributed by atoms with van der Waals surface area (Å²) in [5.74, 6) is 4.32. The summed E-state index contributed by atoms with van der Waals surface area (Å²) in [4.78, 5) is 0. The van der Waals surface area contributed by atoms with Gasteiger partial charge in [-0.05, 0) is 42.9 Å². The summed E-state index contributed by atoms with van der Waals surface area (Å²) in [6, 6.07) is 0. The van der Waals surface area contributed by atoms with Crippen LogP contribution in [0.5, 0.6) is 0 Å². The van der Waals surface area contributed by atoms with E-state index in [0.717, 1.165) is 23.7 Å². The predicted octanol–water partition coefficient (Wildman–Crippen LogP) is 2.69. The van der Waals surface area contributed by atoms with Crippen LogP contribution in [0.15, 0.2) is 0 Å². The molecule has 2 rings (SSSR count). The van der Waals surface area contributed by atoms with Crippen molar-refractivity contribution in [2.45, 2.75) is 33.1 Å². The van der Waals surface area contributed by atoms with Gasteiger partial charge in [-0.25, -0.2) is 0 Å². The molecule has 2 aliphatic carbocycles. The van der Waals surface area contributed by atoms with Crippen LogP contribution in [0.25, 0.3) is 0 Å². The highest BCUT2D eigenvalue weighted by Crippen LogP contribution is 2.51. The summed E-state index contributed by atoms with van der Waals surface area (Å²) in [5.41, 5.74) is 0. The van der Waals surface area contributed by atoms with E-state index < -0.39 is 0 Å². The molecule has 2 aliphatic rings. The lowest BCUT2D eigenvalue weighted by Gasteiger charge is -2.24. The maximum Gasteiger partial charge on any atom is -0.0383 e. The molecule has 0 aromatic carbocycles. The van der Waals surface area contributed by atoms with Crippen molar-refractivity contribution in [2.24, 2.45) is 23.7 Å². The lowest BCUT2D eigenvalue weighted by molar-refractivity contribution is 0.259. The number of rotatable bonds is 0. The maximum absolute atomic E-state index is 2.44. The fourth-order valence-electron chi connectivity index (χ4n) is 2.87. The van der Waals surface area contributed by atoms with Crippen molar-refractivity contribution in [3.05, 3.63) is 0 Å². The molecule has 9 heavy (non-hydrogen) atoms. The van der Waals surface area contributed by atoms with Gasteiger partial charge in [0.25, 0.3) is 0 Å². The van der Waals surface area contributed by atoms with Gasteiger partial charge in [-0.2, -0.15) is 0 Å². The van der Waals surface area contributed by atoms with Crippen molar-refractivity contribution in [2.75, 3.05) is 0 Å². The van der Waals surface area contributed by atoms with Gasteiger partial charge < -0.3 is 0 Å². The summed E-state index contributed by atoms with van der Waals surface area (Å²) in [6.07, 6.45) is 4.63. The van der Waals surface area contributed by atoms with Gasteiger partial charge in [0, 0.05) is 0 Å². The van der Waals surface area contributed by atoms with Crippen LogP contribution in [0.1, 0.15) is 33.1 Å². The van der Waals surface area contributed by atoms with Gasteiger partial charge in [0.05, 0.1) is 0 Å². The largest absolute Gasteiger partial charge is 0.0620 e. The summed E-state index contributed by atoms with van der Waals surface area (Å²) in [7, 11) is 0. The smallest absolute Gasteiger partial charge is 0.0383 e. The monoisotopic (exact) mass is 124 g/mol. The van der Waals surface area contributed by atoms with Gasteiger partial charge in [-0.1, -0.05) is 13.8 Å². The molecule has 0 nitrogen and oxygen atoms in total. The molecular formula is C9H16. The van der Waals surface area contributed by atoms with Crippen molar-refractivity contribution in [1.82, 2.24) is 0 Å². The molecule has 0 aromatic heterocycles. The molecule has 2 bridgehead atoms. The molecule has 0 aliphatic heterocycles. The van der Waals surface area contributed by atoms with Crippen LogP contribution in [0.4, 0.5) is 0 Å². The first kappa shape index (κ1) is 5.76. The minimum absolute atomic E-state index is 1.05. The Morgan fingerprint density at radius 3 is 1.56 bits per heavy atom. The Morgan fingerprint density at radius 2 is 1.33 bits per heavy atom. The predicted molar refractivity (Wildman–Crippen MR) is 39.2 cm³/mol. The number of hydrogen-bond acceptors (Lipinski definition) is 0. The molecule has 0 N–H and O–H groups in total. The average Bonchev–Trinajstić information content (AvgIpc) is 2.37. The van der Waals surface area contributed by atoms with E-state index >= 15 is 0 Å². The van der Waals surface area contributed by atoms with Gasteiger partial charge >= 0.3 is 0 Å². The van der Waals surface area contributed by atoms with Crippen molar-refractivity contribution < 1.29 is 0 Å². The summed E-state index contributed by atoms with van der Waals surface area (Å²) >= 11 is 0. The highest BCUT2D eigenvalue weighted by molar-refractivity contribution is 4.92. The minimum Gasteiger partial charge on any atom is -0.0620 e. The highest BCUT2D eigenvalue weighted by Gasteiger charge is 2.42. The highest BCUT2D eigenvalue weighted by atomic mass is 14.5. The maximum atomic E-state index is 2.44. The van der Waals surface area contributed by atoms with E-state index in [1.165, 1.54) is 12.8 Å². The van der Waals surface area contributed by atoms with Crippen LogP contribution >= 0.6 is 0 Å². The second-order valence-electron chi connectivity index (χ2n) is 4.05. The van der Waals surface area contributed by atoms with Crippen molar-refractivity contribution in [3.8, 4) is 0 Å². The van der Waals surface area contributed by atoms with Gasteiger partial charge in [0.2, 0.25) is 0 Å². The summed E-state index contributed by atoms with van der Waals surface area (Å²) in [5, 5.41) is 0. The van der Waals surface area contributed by atoms with E-state index in [9.17, 15) is 0 Å². The third-order valence-corrected chi connectivity index (χ3v) is 3.83. The van der Waals surface area contributed by atoms with Crippen molar-refractivity contribution in [1.29, 1.82) is 0 Å². The molecule has 0 aromatic rings. The molecule has 0 saturated heterocycles. The van der Waals surface area contributed by atoms with Gasteiger partial charge in [0.1, 0.15) is 0 Å². The zero-order chi connectivity index (χ0) is 6.43. The van der Waals surface area contributed by atoms with Gasteiger partial charge in [-0.15, -0.1) is 0 Å². The average molecular weight is 124 g/mol. The lowest BCUT2D eigenvalue weighted by Crippen LogP contribution is -2.15. The molecule has 0 radical (unpaired) electrons. The fraction of sp³-hybridized carbons (Fsp3) is 1.00. The van der Waals surface area contributed by atoms with E-state index in [1.54, 1.807) is 6.42 Å². The Labute approximate surface area is 57.6 Å². The zero-order valence-electron chi connectivity index (χ0n) is 6.43. The Morgan fingerprint density at radius 1 is 0.889 bits per heavy atom. The van der Waals surface area contributed by atoms with E-state index in [-0.39, 0.29) is 0 Å². The minimum atomic E-state index is 1.05. The van der Waals surface area contributed by atoms with Crippen molar-refractivity contribution >= 4 is 0 Å². The Bertz CT molecular complexity index is 99.2.